The normalized spacial score (nSPS) is 10.6. The van der Waals surface area contributed by atoms with Gasteiger partial charge in [-0.05, 0) is 29.3 Å². The summed E-state index contributed by atoms with van der Waals surface area (Å²) in [4.78, 5) is 0. The number of hydrogen-bond donors (Lipinski definition) is 1. The van der Waals surface area contributed by atoms with Crippen molar-refractivity contribution < 1.29 is 0 Å². The molecule has 0 radical (unpaired) electrons. The second-order valence-corrected chi connectivity index (χ2v) is 5.39. The molecular formula is C20H13N3. The number of fused-ring (bicyclic) bond motifs is 1. The second kappa shape index (κ2) is 5.43. The third kappa shape index (κ3) is 2.37. The van der Waals surface area contributed by atoms with E-state index in [9.17, 15) is 0 Å². The van der Waals surface area contributed by atoms with Crippen LogP contribution in [0.25, 0.3) is 33.3 Å². The molecule has 4 rings (SSSR count). The van der Waals surface area contributed by atoms with Crippen molar-refractivity contribution in [2.45, 2.75) is 0 Å². The number of para-hydroxylation sites is 1. The molecule has 0 bridgehead atoms. The van der Waals surface area contributed by atoms with E-state index in [4.69, 9.17) is 5.26 Å². The Morgan fingerprint density at radius 2 is 1.57 bits per heavy atom. The third-order valence-corrected chi connectivity index (χ3v) is 3.95. The summed E-state index contributed by atoms with van der Waals surface area (Å²) < 4.78 is 0. The molecule has 1 aromatic heterocycles. The van der Waals surface area contributed by atoms with E-state index in [0.717, 1.165) is 33.3 Å². The van der Waals surface area contributed by atoms with Gasteiger partial charge in [0.2, 0.25) is 0 Å². The lowest BCUT2D eigenvalue weighted by Crippen LogP contribution is -1.82. The van der Waals surface area contributed by atoms with Gasteiger partial charge in [0.1, 0.15) is 0 Å². The highest BCUT2D eigenvalue weighted by Crippen LogP contribution is 2.28. The number of H-pyrrole nitrogens is 1. The second-order valence-electron chi connectivity index (χ2n) is 5.39. The van der Waals surface area contributed by atoms with Crippen LogP contribution in [0.5, 0.6) is 0 Å². The van der Waals surface area contributed by atoms with Gasteiger partial charge in [-0.25, -0.2) is 0 Å². The molecule has 0 unspecified atom stereocenters. The number of nitrogens with zero attached hydrogens (tertiary/aromatic N) is 2. The van der Waals surface area contributed by atoms with Gasteiger partial charge in [-0.15, -0.1) is 0 Å². The highest BCUT2D eigenvalue weighted by Gasteiger charge is 2.07. The molecule has 108 valence electrons. The summed E-state index contributed by atoms with van der Waals surface area (Å²) in [6, 6.07) is 26.2. The molecule has 23 heavy (non-hydrogen) atoms. The Morgan fingerprint density at radius 1 is 0.783 bits per heavy atom. The molecule has 0 spiro atoms. The largest absolute Gasteiger partial charge is 0.277 e. The van der Waals surface area contributed by atoms with Gasteiger partial charge >= 0.3 is 0 Å². The zero-order valence-electron chi connectivity index (χ0n) is 12.3. The summed E-state index contributed by atoms with van der Waals surface area (Å²) in [6.45, 7) is 0. The van der Waals surface area contributed by atoms with Crippen molar-refractivity contribution in [3.63, 3.8) is 0 Å². The maximum absolute atomic E-state index is 9.02. The van der Waals surface area contributed by atoms with Crippen LogP contribution < -0.4 is 0 Å². The molecule has 0 atom stereocenters. The molecule has 0 aliphatic rings. The molecule has 0 saturated heterocycles. The summed E-state index contributed by atoms with van der Waals surface area (Å²) in [5.74, 6) is 0. The quantitative estimate of drug-likeness (QED) is 0.579. The first-order chi connectivity index (χ1) is 11.3. The molecule has 0 aliphatic carbocycles. The number of aromatic nitrogens is 2. The van der Waals surface area contributed by atoms with E-state index >= 15 is 0 Å². The van der Waals surface area contributed by atoms with Crippen LogP contribution in [0.4, 0.5) is 0 Å². The van der Waals surface area contributed by atoms with E-state index in [-0.39, 0.29) is 0 Å². The Balaban J connectivity index is 1.75. The van der Waals surface area contributed by atoms with Gasteiger partial charge in [-0.1, -0.05) is 54.6 Å². The Hall–Kier alpha value is -3.38. The van der Waals surface area contributed by atoms with Crippen molar-refractivity contribution in [3.8, 4) is 28.5 Å². The molecule has 0 saturated carbocycles. The lowest BCUT2D eigenvalue weighted by Gasteiger charge is -2.04. The summed E-state index contributed by atoms with van der Waals surface area (Å²) in [5, 5.41) is 17.6. The third-order valence-electron chi connectivity index (χ3n) is 3.95. The molecule has 3 heteroatoms. The predicted molar refractivity (Wildman–Crippen MR) is 91.7 cm³/mol. The molecule has 0 aliphatic heterocycles. The van der Waals surface area contributed by atoms with Crippen LogP contribution >= 0.6 is 0 Å². The molecule has 3 nitrogen and oxygen atoms in total. The Morgan fingerprint density at radius 3 is 2.39 bits per heavy atom. The molecule has 1 N–H and O–H groups in total. The van der Waals surface area contributed by atoms with Crippen LogP contribution in [0.2, 0.25) is 0 Å². The van der Waals surface area contributed by atoms with Crippen molar-refractivity contribution >= 4 is 10.9 Å². The summed E-state index contributed by atoms with van der Waals surface area (Å²) in [7, 11) is 0. The number of nitriles is 1. The summed E-state index contributed by atoms with van der Waals surface area (Å²) in [6.07, 6.45) is 0. The van der Waals surface area contributed by atoms with Gasteiger partial charge in [-0.2, -0.15) is 10.4 Å². The monoisotopic (exact) mass is 295 g/mol. The predicted octanol–water partition coefficient (Wildman–Crippen LogP) is 4.77. The highest BCUT2D eigenvalue weighted by atomic mass is 15.1. The van der Waals surface area contributed by atoms with E-state index in [1.165, 1.54) is 0 Å². The van der Waals surface area contributed by atoms with Gasteiger partial charge < -0.3 is 0 Å². The van der Waals surface area contributed by atoms with Crippen molar-refractivity contribution in [2.24, 2.45) is 0 Å². The van der Waals surface area contributed by atoms with Gasteiger partial charge in [0, 0.05) is 10.9 Å². The van der Waals surface area contributed by atoms with Crippen molar-refractivity contribution in [1.29, 1.82) is 5.26 Å². The number of benzene rings is 3. The van der Waals surface area contributed by atoms with E-state index in [0.29, 0.717) is 5.56 Å². The minimum atomic E-state index is 0.671. The van der Waals surface area contributed by atoms with E-state index in [2.05, 4.69) is 46.6 Å². The average molecular weight is 295 g/mol. The average Bonchev–Trinajstić information content (AvgIpc) is 3.06. The first kappa shape index (κ1) is 13.3. The first-order valence-electron chi connectivity index (χ1n) is 7.39. The van der Waals surface area contributed by atoms with Crippen LogP contribution in [0.1, 0.15) is 5.56 Å². The maximum Gasteiger partial charge on any atom is 0.0999 e. The number of hydrogen-bond acceptors (Lipinski definition) is 2. The Bertz CT molecular complexity index is 1020. The number of rotatable bonds is 2. The standard InChI is InChI=1S/C20H13N3/c21-13-14-4-3-5-17(12-14)15-8-10-16(11-9-15)20-18-6-1-2-7-19(18)22-23-20/h1-12H,(H,22,23). The van der Waals surface area contributed by atoms with Crippen LogP contribution in [-0.2, 0) is 0 Å². The highest BCUT2D eigenvalue weighted by molar-refractivity contribution is 5.93. The zero-order valence-corrected chi connectivity index (χ0v) is 12.3. The van der Waals surface area contributed by atoms with Crippen molar-refractivity contribution in [2.75, 3.05) is 0 Å². The lowest BCUT2D eigenvalue weighted by molar-refractivity contribution is 1.12. The van der Waals surface area contributed by atoms with Crippen molar-refractivity contribution in [3.05, 3.63) is 78.4 Å². The van der Waals surface area contributed by atoms with Gasteiger partial charge in [0.25, 0.3) is 0 Å². The fourth-order valence-electron chi connectivity index (χ4n) is 2.77. The van der Waals surface area contributed by atoms with Crippen LogP contribution in [0.15, 0.2) is 72.8 Å². The molecule has 4 aromatic rings. The van der Waals surface area contributed by atoms with E-state index in [1.807, 2.05) is 42.5 Å². The SMILES string of the molecule is N#Cc1cccc(-c2ccc(-c3n[nH]c4ccccc34)cc2)c1. The zero-order chi connectivity index (χ0) is 15.6. The van der Waals surface area contributed by atoms with Crippen LogP contribution in [0, 0.1) is 11.3 Å². The molecule has 1 heterocycles. The van der Waals surface area contributed by atoms with E-state index in [1.54, 1.807) is 0 Å². The van der Waals surface area contributed by atoms with Crippen molar-refractivity contribution in [1.82, 2.24) is 10.2 Å². The smallest absolute Gasteiger partial charge is 0.0999 e. The van der Waals surface area contributed by atoms with Gasteiger partial charge in [0.15, 0.2) is 0 Å². The minimum absolute atomic E-state index is 0.671. The molecule has 0 amide bonds. The minimum Gasteiger partial charge on any atom is -0.277 e. The first-order valence-corrected chi connectivity index (χ1v) is 7.39. The number of aromatic amines is 1. The fraction of sp³-hybridized carbons (Fsp3) is 0. The number of nitrogens with one attached hydrogen (secondary N) is 1. The maximum atomic E-state index is 9.02. The lowest BCUT2D eigenvalue weighted by atomic mass is 10.0. The van der Waals surface area contributed by atoms with Gasteiger partial charge in [-0.3, -0.25) is 5.10 Å². The van der Waals surface area contributed by atoms with E-state index < -0.39 is 0 Å². The molecule has 3 aromatic carbocycles. The molecular weight excluding hydrogens is 282 g/mol. The summed E-state index contributed by atoms with van der Waals surface area (Å²) in [5.41, 5.74) is 5.87. The Kier molecular flexibility index (Phi) is 3.14. The summed E-state index contributed by atoms with van der Waals surface area (Å²) >= 11 is 0. The molecule has 0 fully saturated rings. The van der Waals surface area contributed by atoms with Crippen LogP contribution in [-0.4, -0.2) is 10.2 Å². The topological polar surface area (TPSA) is 52.5 Å². The van der Waals surface area contributed by atoms with Gasteiger partial charge in [0.05, 0.1) is 22.8 Å². The fourth-order valence-corrected chi connectivity index (χ4v) is 2.77. The Labute approximate surface area is 133 Å². The van der Waals surface area contributed by atoms with Crippen LogP contribution in [0.3, 0.4) is 0 Å².